The van der Waals surface area contributed by atoms with Crippen LogP contribution in [0.4, 0.5) is 21.1 Å². The molecule has 0 radical (unpaired) electrons. The number of hydrogen-bond donors (Lipinski definition) is 3. The molecule has 1 aromatic carbocycles. The maximum Gasteiger partial charge on any atom is 0.413 e. The van der Waals surface area contributed by atoms with E-state index in [1.165, 1.54) is 6.33 Å². The lowest BCUT2D eigenvalue weighted by Gasteiger charge is -2.30. The van der Waals surface area contributed by atoms with E-state index in [2.05, 4.69) is 41.5 Å². The average molecular weight is 666 g/mol. The smallest absolute Gasteiger partial charge is 0.413 e. The molecule has 0 bridgehead atoms. The number of carbonyl (C=O) groups is 3. The molecule has 1 saturated heterocycles. The summed E-state index contributed by atoms with van der Waals surface area (Å²) >= 11 is 10.1. The molecule has 4 rings (SSSR count). The first-order valence-electron chi connectivity index (χ1n) is 13.2. The van der Waals surface area contributed by atoms with Crippen molar-refractivity contribution in [1.29, 1.82) is 0 Å². The number of alkyl carbamates (subject to hydrolysis) is 1. The lowest BCUT2D eigenvalue weighted by molar-refractivity contribution is -0.123. The number of nitrogens with two attached hydrogens (primary N) is 1. The molecule has 42 heavy (non-hydrogen) atoms. The van der Waals surface area contributed by atoms with Crippen molar-refractivity contribution >= 4 is 68.3 Å². The number of primary amides is 1. The zero-order valence-corrected chi connectivity index (χ0v) is 26.6. The summed E-state index contributed by atoms with van der Waals surface area (Å²) in [6.07, 6.45) is 1.80. The van der Waals surface area contributed by atoms with E-state index in [9.17, 15) is 14.4 Å². The predicted molar refractivity (Wildman–Crippen MR) is 162 cm³/mol. The Kier molecular flexibility index (Phi) is 8.61. The largest absolute Gasteiger partial charge is 0.444 e. The van der Waals surface area contributed by atoms with Crippen LogP contribution in [0, 0.1) is 0 Å². The Bertz CT molecular complexity index is 1530. The van der Waals surface area contributed by atoms with E-state index >= 15 is 0 Å². The number of amides is 3. The average Bonchev–Trinajstić information content (AvgIpc) is 3.44. The first-order chi connectivity index (χ1) is 19.5. The summed E-state index contributed by atoms with van der Waals surface area (Å²) in [5.74, 6) is -0.455. The first-order valence-corrected chi connectivity index (χ1v) is 14.3. The highest BCUT2D eigenvalue weighted by Gasteiger charge is 2.46. The molecule has 15 heteroatoms. The number of anilines is 2. The zero-order chi connectivity index (χ0) is 31.0. The molecule has 3 amide bonds. The molecule has 4 N–H and O–H groups in total. The minimum atomic E-state index is -1.34. The highest BCUT2D eigenvalue weighted by atomic mass is 79.9. The van der Waals surface area contributed by atoms with E-state index < -0.39 is 34.8 Å². The van der Waals surface area contributed by atoms with Crippen molar-refractivity contribution in [2.75, 3.05) is 23.3 Å². The monoisotopic (exact) mass is 664 g/mol. The maximum atomic E-state index is 12.6. The molecule has 13 nitrogen and oxygen atoms in total. The molecule has 0 aliphatic carbocycles. The van der Waals surface area contributed by atoms with E-state index in [1.807, 2.05) is 4.90 Å². The number of ether oxygens (including phenoxy) is 2. The van der Waals surface area contributed by atoms with Crippen LogP contribution in [0.15, 0.2) is 29.3 Å². The number of imidazole rings is 1. The lowest BCUT2D eigenvalue weighted by atomic mass is 9.98. The van der Waals surface area contributed by atoms with Gasteiger partial charge in [0.1, 0.15) is 23.1 Å². The Hall–Kier alpha value is -3.65. The highest BCUT2D eigenvalue weighted by Crippen LogP contribution is 2.37. The molecule has 1 atom stereocenters. The summed E-state index contributed by atoms with van der Waals surface area (Å²) in [6, 6.07) is 3.55. The van der Waals surface area contributed by atoms with Gasteiger partial charge >= 0.3 is 12.2 Å². The van der Waals surface area contributed by atoms with Gasteiger partial charge in [0, 0.05) is 27.3 Å². The highest BCUT2D eigenvalue weighted by molar-refractivity contribution is 9.10. The number of rotatable bonds is 6. The molecule has 0 saturated carbocycles. The van der Waals surface area contributed by atoms with Crippen molar-refractivity contribution in [3.05, 3.63) is 39.8 Å². The van der Waals surface area contributed by atoms with Crippen molar-refractivity contribution in [2.24, 2.45) is 5.73 Å². The Morgan fingerprint density at radius 1 is 1.07 bits per heavy atom. The minimum absolute atomic E-state index is 0.109. The normalized spacial score (nSPS) is 17.3. The second-order valence-electron chi connectivity index (χ2n) is 12.0. The first kappa shape index (κ1) is 31.3. The van der Waals surface area contributed by atoms with Crippen molar-refractivity contribution in [3.8, 4) is 0 Å². The molecule has 1 unspecified atom stereocenters. The summed E-state index contributed by atoms with van der Waals surface area (Å²) in [5, 5.41) is 5.81. The van der Waals surface area contributed by atoms with E-state index in [-0.39, 0.29) is 18.8 Å². The molecular weight excluding hydrogens is 632 g/mol. The summed E-state index contributed by atoms with van der Waals surface area (Å²) in [5.41, 5.74) is 5.43. The van der Waals surface area contributed by atoms with Gasteiger partial charge in [0.25, 0.3) is 0 Å². The van der Waals surface area contributed by atoms with Gasteiger partial charge in [-0.3, -0.25) is 10.1 Å². The maximum absolute atomic E-state index is 12.6. The van der Waals surface area contributed by atoms with Crippen LogP contribution in [0.25, 0.3) is 11.2 Å². The van der Waals surface area contributed by atoms with Gasteiger partial charge in [0.2, 0.25) is 5.91 Å². The molecule has 1 aliphatic heterocycles. The number of nitrogens with one attached hydrogen (secondary N) is 2. The molecule has 2 aromatic heterocycles. The van der Waals surface area contributed by atoms with Crippen molar-refractivity contribution in [1.82, 2.24) is 24.8 Å². The van der Waals surface area contributed by atoms with Crippen molar-refractivity contribution in [2.45, 2.75) is 71.2 Å². The van der Waals surface area contributed by atoms with E-state index in [0.29, 0.717) is 33.7 Å². The van der Waals surface area contributed by atoms with Crippen LogP contribution in [-0.2, 0) is 20.8 Å². The number of hydrogen-bond acceptors (Lipinski definition) is 9. The molecule has 3 heterocycles. The van der Waals surface area contributed by atoms with Gasteiger partial charge in [-0.2, -0.15) is 0 Å². The SMILES string of the molecule is CC(C)(C)OC(=O)Nc1ncnc2c1ncn2Cc1c(Br)cc(Cl)cc1N1CCC(NC(=O)OC(C)(C)C)(C(N)=O)C1. The minimum Gasteiger partial charge on any atom is -0.444 e. The van der Waals surface area contributed by atoms with Crippen LogP contribution in [0.5, 0.6) is 0 Å². The third kappa shape index (κ3) is 7.21. The van der Waals surface area contributed by atoms with E-state index in [4.69, 9.17) is 26.8 Å². The van der Waals surface area contributed by atoms with Crippen LogP contribution >= 0.6 is 27.5 Å². The summed E-state index contributed by atoms with van der Waals surface area (Å²) in [4.78, 5) is 52.5. The van der Waals surface area contributed by atoms with Gasteiger partial charge in [-0.15, -0.1) is 0 Å². The quantitative estimate of drug-likeness (QED) is 0.341. The predicted octanol–water partition coefficient (Wildman–Crippen LogP) is 4.60. The number of halogens is 2. The fourth-order valence-electron chi connectivity index (χ4n) is 4.57. The van der Waals surface area contributed by atoms with Crippen LogP contribution in [0.1, 0.15) is 53.5 Å². The van der Waals surface area contributed by atoms with Crippen LogP contribution in [0.3, 0.4) is 0 Å². The van der Waals surface area contributed by atoms with Gasteiger partial charge in [-0.05, 0) is 60.1 Å². The van der Waals surface area contributed by atoms with Crippen LogP contribution in [0.2, 0.25) is 5.02 Å². The Labute approximate surface area is 256 Å². The topological polar surface area (TPSA) is 167 Å². The number of nitrogens with zero attached hydrogens (tertiary/aromatic N) is 5. The second kappa shape index (κ2) is 11.6. The fourth-order valence-corrected chi connectivity index (χ4v) is 5.49. The Morgan fingerprint density at radius 3 is 2.38 bits per heavy atom. The molecule has 3 aromatic rings. The number of carbonyl (C=O) groups excluding carboxylic acids is 3. The Morgan fingerprint density at radius 2 is 1.74 bits per heavy atom. The standard InChI is InChI=1S/C27H34BrClN8O5/c1-25(2,3)41-23(39)34-20-19-21(32-13-31-20)37(14-33-19)11-16-17(28)9-15(29)10-18(16)36-8-7-27(12-36,22(30)38)35-24(40)42-26(4,5)6/h9-10,13-14H,7-8,11-12H2,1-6H3,(H2,30,38)(H,35,40)(H,31,32,34,39). The molecule has 0 spiro atoms. The van der Waals surface area contributed by atoms with Crippen LogP contribution < -0.4 is 21.3 Å². The summed E-state index contributed by atoms with van der Waals surface area (Å²) in [7, 11) is 0. The number of aromatic nitrogens is 4. The number of benzene rings is 1. The van der Waals surface area contributed by atoms with Gasteiger partial charge < -0.3 is 30.0 Å². The Balaban J connectivity index is 1.63. The lowest BCUT2D eigenvalue weighted by Crippen LogP contribution is -2.59. The van der Waals surface area contributed by atoms with Crippen LogP contribution in [-0.4, -0.2) is 67.4 Å². The fraction of sp³-hybridized carbons (Fsp3) is 0.481. The third-order valence-electron chi connectivity index (χ3n) is 6.31. The third-order valence-corrected chi connectivity index (χ3v) is 7.23. The van der Waals surface area contributed by atoms with Gasteiger partial charge in [0.05, 0.1) is 19.4 Å². The number of fused-ring (bicyclic) bond motifs is 1. The van der Waals surface area contributed by atoms with Gasteiger partial charge in [-0.1, -0.05) is 27.5 Å². The van der Waals surface area contributed by atoms with Gasteiger partial charge in [-0.25, -0.2) is 24.5 Å². The van der Waals surface area contributed by atoms with E-state index in [1.54, 1.807) is 64.6 Å². The summed E-state index contributed by atoms with van der Waals surface area (Å²) in [6.45, 7) is 11.3. The second-order valence-corrected chi connectivity index (χ2v) is 13.3. The van der Waals surface area contributed by atoms with Gasteiger partial charge in [0.15, 0.2) is 17.0 Å². The zero-order valence-electron chi connectivity index (χ0n) is 24.2. The molecule has 226 valence electrons. The summed E-state index contributed by atoms with van der Waals surface area (Å²) < 4.78 is 13.2. The molecular formula is C27H34BrClN8O5. The molecule has 1 aliphatic rings. The van der Waals surface area contributed by atoms with E-state index in [0.717, 1.165) is 11.3 Å². The van der Waals surface area contributed by atoms with Crippen molar-refractivity contribution < 1.29 is 23.9 Å². The van der Waals surface area contributed by atoms with Crippen molar-refractivity contribution in [3.63, 3.8) is 0 Å². The molecule has 1 fully saturated rings.